The molecule has 4 atom stereocenters. The fraction of sp³-hybridized carbons (Fsp3) is 0.889. The number of aliphatic hydroxyl groups is 1. The van der Waals surface area contributed by atoms with Crippen LogP contribution in [0.4, 0.5) is 0 Å². The van der Waals surface area contributed by atoms with Crippen LogP contribution >= 0.6 is 0 Å². The average molecular weight is 217 g/mol. The minimum atomic E-state index is -1.26. The Morgan fingerprint density at radius 1 is 1.53 bits per heavy atom. The summed E-state index contributed by atoms with van der Waals surface area (Å²) in [5.41, 5.74) is 5.65. The van der Waals surface area contributed by atoms with Gasteiger partial charge in [-0.05, 0) is 13.8 Å². The molecule has 0 amide bonds. The summed E-state index contributed by atoms with van der Waals surface area (Å²) in [6, 6.07) is -0.750. The Hall–Kier alpha value is -0.690. The second-order valence-corrected chi connectivity index (χ2v) is 4.29. The van der Waals surface area contributed by atoms with Crippen molar-refractivity contribution in [1.82, 2.24) is 0 Å². The lowest BCUT2D eigenvalue weighted by molar-refractivity contribution is -0.163. The number of esters is 1. The van der Waals surface area contributed by atoms with Gasteiger partial charge in [-0.25, -0.2) is 4.79 Å². The molecule has 0 aliphatic carbocycles. The van der Waals surface area contributed by atoms with E-state index in [-0.39, 0.29) is 0 Å². The average Bonchev–Trinajstić information content (AvgIpc) is 2.62. The Bertz CT molecular complexity index is 280. The summed E-state index contributed by atoms with van der Waals surface area (Å²) in [7, 11) is 0. The molecule has 0 aromatic heterocycles. The second-order valence-electron chi connectivity index (χ2n) is 4.29. The largest absolute Gasteiger partial charge is 0.456 e. The van der Waals surface area contributed by atoms with Crippen LogP contribution in [-0.2, 0) is 19.0 Å². The molecule has 86 valence electrons. The zero-order chi connectivity index (χ0) is 11.2. The smallest absolute Gasteiger partial charge is 0.337 e. The standard InChI is InChI=1S/C9H15NO5/c1-9(2)13-3-4(15-9)7-5(10)6(11)8(12)14-7/h4-7,11H,3,10H2,1-2H3/t4?,5-,6-,7?/m0/s1. The summed E-state index contributed by atoms with van der Waals surface area (Å²) in [5, 5.41) is 9.33. The Labute approximate surface area is 87.3 Å². The lowest BCUT2D eigenvalue weighted by Crippen LogP contribution is -2.46. The van der Waals surface area contributed by atoms with Gasteiger partial charge in [-0.15, -0.1) is 0 Å². The third kappa shape index (κ3) is 1.85. The van der Waals surface area contributed by atoms with Crippen LogP contribution < -0.4 is 5.73 Å². The fourth-order valence-electron chi connectivity index (χ4n) is 1.82. The molecule has 0 bridgehead atoms. The summed E-state index contributed by atoms with van der Waals surface area (Å²) >= 11 is 0. The molecule has 2 saturated heterocycles. The first-order valence-electron chi connectivity index (χ1n) is 4.87. The third-order valence-electron chi connectivity index (χ3n) is 2.63. The van der Waals surface area contributed by atoms with E-state index < -0.39 is 36.1 Å². The first-order chi connectivity index (χ1) is 6.91. The minimum absolute atomic E-state index is 0.311. The number of nitrogens with two attached hydrogens (primary N) is 1. The van der Waals surface area contributed by atoms with E-state index in [1.54, 1.807) is 13.8 Å². The molecule has 0 aromatic rings. The first-order valence-corrected chi connectivity index (χ1v) is 4.87. The van der Waals surface area contributed by atoms with E-state index in [0.717, 1.165) is 0 Å². The fourth-order valence-corrected chi connectivity index (χ4v) is 1.82. The number of aliphatic hydroxyl groups excluding tert-OH is 1. The summed E-state index contributed by atoms with van der Waals surface area (Å²) in [6.45, 7) is 3.85. The van der Waals surface area contributed by atoms with Crippen LogP contribution in [0.5, 0.6) is 0 Å². The van der Waals surface area contributed by atoms with Gasteiger partial charge in [0.25, 0.3) is 0 Å². The summed E-state index contributed by atoms with van der Waals surface area (Å²) in [5.74, 6) is -1.38. The molecule has 3 N–H and O–H groups in total. The molecule has 2 rings (SSSR count). The van der Waals surface area contributed by atoms with Gasteiger partial charge in [0.15, 0.2) is 11.9 Å². The second kappa shape index (κ2) is 3.41. The van der Waals surface area contributed by atoms with Crippen LogP contribution in [0, 0.1) is 0 Å². The topological polar surface area (TPSA) is 91.0 Å². The first kappa shape index (κ1) is 10.8. The van der Waals surface area contributed by atoms with Crippen LogP contribution in [0.3, 0.4) is 0 Å². The summed E-state index contributed by atoms with van der Waals surface area (Å²) < 4.78 is 15.8. The number of carbonyl (C=O) groups excluding carboxylic acids is 1. The van der Waals surface area contributed by atoms with Gasteiger partial charge in [-0.2, -0.15) is 0 Å². The zero-order valence-electron chi connectivity index (χ0n) is 8.67. The summed E-state index contributed by atoms with van der Waals surface area (Å²) in [4.78, 5) is 11.1. The molecular weight excluding hydrogens is 202 g/mol. The number of hydrogen-bond donors (Lipinski definition) is 2. The molecule has 0 radical (unpaired) electrons. The SMILES string of the molecule is CC1(C)OCC(C2OC(=O)[C@@H](O)[C@@H]2N)O1. The molecule has 0 saturated carbocycles. The number of ether oxygens (including phenoxy) is 3. The normalized spacial score (nSPS) is 44.4. The monoisotopic (exact) mass is 217 g/mol. The lowest BCUT2D eigenvalue weighted by atomic mass is 10.0. The lowest BCUT2D eigenvalue weighted by Gasteiger charge is -2.22. The Morgan fingerprint density at radius 2 is 2.20 bits per heavy atom. The maximum atomic E-state index is 11.1. The van der Waals surface area contributed by atoms with E-state index in [1.807, 2.05) is 0 Å². The molecule has 0 spiro atoms. The molecule has 2 aliphatic rings. The van der Waals surface area contributed by atoms with E-state index in [0.29, 0.717) is 6.61 Å². The van der Waals surface area contributed by atoms with Crippen LogP contribution in [-0.4, -0.2) is 47.8 Å². The predicted octanol–water partition coefficient (Wildman–Crippen LogP) is -1.25. The predicted molar refractivity (Wildman–Crippen MR) is 48.8 cm³/mol. The number of rotatable bonds is 1. The van der Waals surface area contributed by atoms with Crippen molar-refractivity contribution in [3.63, 3.8) is 0 Å². The van der Waals surface area contributed by atoms with Gasteiger partial charge in [-0.1, -0.05) is 0 Å². The molecule has 6 nitrogen and oxygen atoms in total. The highest BCUT2D eigenvalue weighted by molar-refractivity contribution is 5.78. The van der Waals surface area contributed by atoms with E-state index >= 15 is 0 Å². The van der Waals surface area contributed by atoms with Crippen LogP contribution in [0.15, 0.2) is 0 Å². The van der Waals surface area contributed by atoms with E-state index in [2.05, 4.69) is 0 Å². The van der Waals surface area contributed by atoms with Gasteiger partial charge in [0.1, 0.15) is 12.2 Å². The Kier molecular flexibility index (Phi) is 2.46. The molecule has 2 heterocycles. The van der Waals surface area contributed by atoms with Crippen molar-refractivity contribution in [2.45, 2.75) is 44.0 Å². The van der Waals surface area contributed by atoms with Crippen molar-refractivity contribution >= 4 is 5.97 Å². The molecule has 2 unspecified atom stereocenters. The van der Waals surface area contributed by atoms with Gasteiger partial charge in [-0.3, -0.25) is 0 Å². The van der Waals surface area contributed by atoms with E-state index in [1.165, 1.54) is 0 Å². The molecule has 2 aliphatic heterocycles. The van der Waals surface area contributed by atoms with E-state index in [9.17, 15) is 9.90 Å². The van der Waals surface area contributed by atoms with Crippen LogP contribution in [0.2, 0.25) is 0 Å². The molecule has 2 fully saturated rings. The van der Waals surface area contributed by atoms with Crippen molar-refractivity contribution in [3.05, 3.63) is 0 Å². The van der Waals surface area contributed by atoms with Gasteiger partial charge in [0, 0.05) is 0 Å². The molecule has 0 aromatic carbocycles. The quantitative estimate of drug-likeness (QED) is 0.533. The highest BCUT2D eigenvalue weighted by Crippen LogP contribution is 2.29. The van der Waals surface area contributed by atoms with Gasteiger partial charge in [0.2, 0.25) is 0 Å². The number of hydrogen-bond acceptors (Lipinski definition) is 6. The Morgan fingerprint density at radius 3 is 2.60 bits per heavy atom. The maximum absolute atomic E-state index is 11.1. The van der Waals surface area contributed by atoms with Crippen molar-refractivity contribution in [2.75, 3.05) is 6.61 Å². The summed E-state index contributed by atoms with van der Waals surface area (Å²) in [6.07, 6.45) is -2.30. The van der Waals surface area contributed by atoms with Gasteiger partial charge >= 0.3 is 5.97 Å². The highest BCUT2D eigenvalue weighted by atomic mass is 16.8. The minimum Gasteiger partial charge on any atom is -0.456 e. The zero-order valence-corrected chi connectivity index (χ0v) is 8.67. The van der Waals surface area contributed by atoms with Gasteiger partial charge < -0.3 is 25.1 Å². The van der Waals surface area contributed by atoms with Crippen molar-refractivity contribution in [3.8, 4) is 0 Å². The van der Waals surface area contributed by atoms with Gasteiger partial charge in [0.05, 0.1) is 12.6 Å². The Balaban J connectivity index is 2.04. The third-order valence-corrected chi connectivity index (χ3v) is 2.63. The van der Waals surface area contributed by atoms with Crippen molar-refractivity contribution in [1.29, 1.82) is 0 Å². The maximum Gasteiger partial charge on any atom is 0.337 e. The van der Waals surface area contributed by atoms with Crippen LogP contribution in [0.1, 0.15) is 13.8 Å². The molecular formula is C9H15NO5. The molecule has 15 heavy (non-hydrogen) atoms. The van der Waals surface area contributed by atoms with Crippen molar-refractivity contribution in [2.24, 2.45) is 5.73 Å². The molecule has 6 heteroatoms. The van der Waals surface area contributed by atoms with E-state index in [4.69, 9.17) is 19.9 Å². The number of cyclic esters (lactones) is 1. The number of carbonyl (C=O) groups is 1. The van der Waals surface area contributed by atoms with Crippen LogP contribution in [0.25, 0.3) is 0 Å². The highest BCUT2D eigenvalue weighted by Gasteiger charge is 2.49. The van der Waals surface area contributed by atoms with Crippen molar-refractivity contribution < 1.29 is 24.1 Å².